The fraction of sp³-hybridized carbons (Fsp3) is 0.0690. The van der Waals surface area contributed by atoms with Gasteiger partial charge >= 0.3 is 19.2 Å². The summed E-state index contributed by atoms with van der Waals surface area (Å²) < 4.78 is 45.9. The van der Waals surface area contributed by atoms with Crippen molar-refractivity contribution in [3.05, 3.63) is 117 Å². The third-order valence-electron chi connectivity index (χ3n) is 6.25. The maximum Gasteiger partial charge on any atom is 0.399 e. The van der Waals surface area contributed by atoms with Crippen molar-refractivity contribution < 1.29 is 37.8 Å². The zero-order valence-electron chi connectivity index (χ0n) is 22.1. The highest BCUT2D eigenvalue weighted by Crippen LogP contribution is 2.60. The van der Waals surface area contributed by atoms with Crippen LogP contribution in [0.2, 0.25) is 5.02 Å². The monoisotopic (exact) mass is 721 g/mol. The lowest BCUT2D eigenvalue weighted by molar-refractivity contribution is 0.0557. The minimum Gasteiger partial charge on any atom is -0.478 e. The van der Waals surface area contributed by atoms with Crippen molar-refractivity contribution in [2.24, 2.45) is 0 Å². The Labute approximate surface area is 266 Å². The molecule has 0 fully saturated rings. The van der Waals surface area contributed by atoms with E-state index >= 15 is 0 Å². The fourth-order valence-electron chi connectivity index (χ4n) is 4.09. The number of hydrogen-bond donors (Lipinski definition) is 3. The molecule has 1 heterocycles. The highest BCUT2D eigenvalue weighted by atomic mass is 79.9. The van der Waals surface area contributed by atoms with E-state index in [9.17, 15) is 23.2 Å². The molecule has 5 rings (SSSR count). The van der Waals surface area contributed by atoms with Crippen molar-refractivity contribution in [3.63, 3.8) is 0 Å². The molecule has 0 atom stereocenters. The molecule has 44 heavy (non-hydrogen) atoms. The van der Waals surface area contributed by atoms with Crippen LogP contribution < -0.4 is 9.64 Å². The lowest BCUT2D eigenvalue weighted by Crippen LogP contribution is -2.18. The summed E-state index contributed by atoms with van der Waals surface area (Å²) in [5.74, 6) is -0.267. The molecule has 0 radical (unpaired) electrons. The Morgan fingerprint density at radius 1 is 0.977 bits per heavy atom. The first-order valence-corrected chi connectivity index (χ1v) is 16.1. The average Bonchev–Trinajstić information content (AvgIpc) is 3.46. The first-order chi connectivity index (χ1) is 20.8. The Balaban J connectivity index is 1.44. The van der Waals surface area contributed by atoms with Crippen LogP contribution >= 0.6 is 46.5 Å². The third kappa shape index (κ3) is 6.99. The van der Waals surface area contributed by atoms with E-state index in [-0.39, 0.29) is 16.6 Å². The van der Waals surface area contributed by atoms with Gasteiger partial charge in [-0.1, -0.05) is 69.2 Å². The van der Waals surface area contributed by atoms with Gasteiger partial charge in [0.25, 0.3) is 0 Å². The number of rotatable bonds is 10. The molecule has 0 saturated heterocycles. The number of benzene rings is 4. The molecular formula is C29H20BrClF2N3O6PS. The summed E-state index contributed by atoms with van der Waals surface area (Å²) in [5, 5.41) is 19.5. The lowest BCUT2D eigenvalue weighted by atomic mass is 10.1. The van der Waals surface area contributed by atoms with E-state index in [2.05, 4.69) is 26.1 Å². The van der Waals surface area contributed by atoms with Crippen molar-refractivity contribution in [2.75, 3.05) is 4.90 Å². The second-order valence-corrected chi connectivity index (χ2v) is 13.2. The Bertz CT molecular complexity index is 1890. The van der Waals surface area contributed by atoms with Gasteiger partial charge in [0.2, 0.25) is 5.13 Å². The number of ether oxygens (including phenoxy) is 1. The fourth-order valence-corrected chi connectivity index (χ4v) is 6.42. The van der Waals surface area contributed by atoms with Gasteiger partial charge in [0.1, 0.15) is 16.5 Å². The zero-order valence-corrected chi connectivity index (χ0v) is 26.2. The lowest BCUT2D eigenvalue weighted by Gasteiger charge is -2.23. The molecule has 9 nitrogen and oxygen atoms in total. The maximum absolute atomic E-state index is 14.4. The number of nitrogens with zero attached hydrogens (tertiary/aromatic N) is 3. The van der Waals surface area contributed by atoms with Crippen molar-refractivity contribution in [1.29, 1.82) is 0 Å². The summed E-state index contributed by atoms with van der Waals surface area (Å²) in [5.41, 5.74) is -3.22. The standard InChI is InChI=1S/C29H20BrClF2N3O6PS/c30-25-13-17(7-12-24(25)29(32,33)43(39,40)41)16-36(21-10-8-20(31)9-11-21)28-35-34-26(44-28)18-3-1-5-22(14-18)42-23-6-2-4-19(15-23)27(37)38/h1-15H,16H2,(H,37,38)(H2,39,40,41). The number of anilines is 2. The number of carboxylic acids is 1. The van der Waals surface area contributed by atoms with Gasteiger partial charge in [0.05, 0.1) is 12.1 Å². The zero-order chi connectivity index (χ0) is 31.6. The molecule has 0 amide bonds. The molecule has 0 spiro atoms. The van der Waals surface area contributed by atoms with Crippen LogP contribution in [0.15, 0.2) is 95.5 Å². The highest BCUT2D eigenvalue weighted by Gasteiger charge is 2.51. The number of halogens is 4. The first kappa shape index (κ1) is 31.7. The summed E-state index contributed by atoms with van der Waals surface area (Å²) in [6.45, 7) is 0.139. The SMILES string of the molecule is O=C(O)c1cccc(Oc2cccc(-c3nnc(N(Cc4ccc(C(F)(F)P(=O)(O)O)c(Br)c4)c4ccc(Cl)cc4)s3)c2)c1. The molecule has 0 unspecified atom stereocenters. The van der Waals surface area contributed by atoms with Crippen LogP contribution in [0, 0.1) is 0 Å². The molecule has 3 N–H and O–H groups in total. The molecule has 0 saturated carbocycles. The van der Waals surface area contributed by atoms with E-state index in [1.165, 1.54) is 35.6 Å². The smallest absolute Gasteiger partial charge is 0.399 e. The molecule has 0 aliphatic rings. The first-order valence-electron chi connectivity index (χ1n) is 12.5. The number of hydrogen-bond acceptors (Lipinski definition) is 7. The Kier molecular flexibility index (Phi) is 9.17. The third-order valence-corrected chi connectivity index (χ3v) is 9.12. The van der Waals surface area contributed by atoms with Gasteiger partial charge in [-0.15, -0.1) is 10.2 Å². The van der Waals surface area contributed by atoms with Crippen molar-refractivity contribution in [3.8, 4) is 22.1 Å². The second-order valence-electron chi connectivity index (χ2n) is 9.31. The second kappa shape index (κ2) is 12.7. The maximum atomic E-state index is 14.4. The predicted molar refractivity (Wildman–Crippen MR) is 166 cm³/mol. The normalized spacial score (nSPS) is 11.8. The largest absolute Gasteiger partial charge is 0.478 e. The van der Waals surface area contributed by atoms with Gasteiger partial charge in [-0.25, -0.2) is 4.79 Å². The summed E-state index contributed by atoms with van der Waals surface area (Å²) >= 11 is 10.4. The highest BCUT2D eigenvalue weighted by molar-refractivity contribution is 9.10. The molecule has 0 aliphatic carbocycles. The van der Waals surface area contributed by atoms with Crippen LogP contribution in [0.3, 0.4) is 0 Å². The van der Waals surface area contributed by atoms with Crippen LogP contribution in [0.4, 0.5) is 19.6 Å². The quantitative estimate of drug-likeness (QED) is 0.121. The van der Waals surface area contributed by atoms with Gasteiger partial charge in [-0.2, -0.15) is 8.78 Å². The molecule has 0 bridgehead atoms. The van der Waals surface area contributed by atoms with Crippen LogP contribution in [0.1, 0.15) is 21.5 Å². The topological polar surface area (TPSA) is 133 Å². The Hall–Kier alpha value is -3.71. The van der Waals surface area contributed by atoms with Gasteiger partial charge in [-0.3, -0.25) is 4.57 Å². The van der Waals surface area contributed by atoms with E-state index < -0.39 is 24.8 Å². The molecule has 1 aromatic heterocycles. The van der Waals surface area contributed by atoms with Crippen LogP contribution in [-0.2, 0) is 16.8 Å². The van der Waals surface area contributed by atoms with Gasteiger partial charge in [-0.05, 0) is 66.2 Å². The van der Waals surface area contributed by atoms with Crippen LogP contribution in [-0.4, -0.2) is 31.1 Å². The summed E-state index contributed by atoms with van der Waals surface area (Å²) in [4.78, 5) is 31.4. The minimum absolute atomic E-state index is 0.0897. The molecular weight excluding hydrogens is 703 g/mol. The van der Waals surface area contributed by atoms with Gasteiger partial charge < -0.3 is 24.5 Å². The Morgan fingerprint density at radius 2 is 1.66 bits per heavy atom. The van der Waals surface area contributed by atoms with Crippen LogP contribution in [0.25, 0.3) is 10.6 Å². The number of carboxylic acid groups (broad SMARTS) is 1. The molecule has 4 aromatic carbocycles. The summed E-state index contributed by atoms with van der Waals surface area (Å²) in [6, 6.07) is 23.7. The van der Waals surface area contributed by atoms with Crippen molar-refractivity contribution in [2.45, 2.75) is 12.2 Å². The van der Waals surface area contributed by atoms with E-state index in [0.29, 0.717) is 43.5 Å². The summed E-state index contributed by atoms with van der Waals surface area (Å²) in [7, 11) is -5.75. The van der Waals surface area contributed by atoms with E-state index in [1.54, 1.807) is 59.5 Å². The number of aromatic nitrogens is 2. The molecule has 5 aromatic rings. The number of alkyl halides is 2. The van der Waals surface area contributed by atoms with Crippen molar-refractivity contribution in [1.82, 2.24) is 10.2 Å². The number of aromatic carboxylic acids is 1. The average molecular weight is 723 g/mol. The molecule has 0 aliphatic heterocycles. The molecule has 226 valence electrons. The minimum atomic E-state index is -5.75. The summed E-state index contributed by atoms with van der Waals surface area (Å²) in [6.07, 6.45) is 0. The van der Waals surface area contributed by atoms with Gasteiger partial charge in [0, 0.05) is 26.3 Å². The number of carbonyl (C=O) groups is 1. The van der Waals surface area contributed by atoms with E-state index in [0.717, 1.165) is 6.07 Å². The predicted octanol–water partition coefficient (Wildman–Crippen LogP) is 8.68. The van der Waals surface area contributed by atoms with E-state index in [4.69, 9.17) is 26.1 Å². The van der Waals surface area contributed by atoms with Gasteiger partial charge in [0.15, 0.2) is 0 Å². The van der Waals surface area contributed by atoms with Crippen LogP contribution in [0.5, 0.6) is 11.5 Å². The van der Waals surface area contributed by atoms with E-state index in [1.807, 2.05) is 6.07 Å². The van der Waals surface area contributed by atoms with Crippen molar-refractivity contribution >= 4 is 63.3 Å². The molecule has 15 heteroatoms. The Morgan fingerprint density at radius 3 is 2.32 bits per heavy atom.